The van der Waals surface area contributed by atoms with Gasteiger partial charge in [-0.3, -0.25) is 4.79 Å². The van der Waals surface area contributed by atoms with Gasteiger partial charge in [0.1, 0.15) is 12.4 Å². The van der Waals surface area contributed by atoms with Crippen molar-refractivity contribution in [1.82, 2.24) is 0 Å². The minimum absolute atomic E-state index is 0.336. The van der Waals surface area contributed by atoms with Gasteiger partial charge in [0.25, 0.3) is 0 Å². The lowest BCUT2D eigenvalue weighted by molar-refractivity contribution is 0.111. The van der Waals surface area contributed by atoms with E-state index in [1.807, 2.05) is 37.3 Å². The predicted octanol–water partition coefficient (Wildman–Crippen LogP) is 4.80. The Balaban J connectivity index is 2.25. The molecular weight excluding hydrogens is 328 g/mol. The van der Waals surface area contributed by atoms with Crippen LogP contribution in [0.3, 0.4) is 0 Å². The van der Waals surface area contributed by atoms with E-state index >= 15 is 0 Å². The summed E-state index contributed by atoms with van der Waals surface area (Å²) in [5, 5.41) is 0.657. The fourth-order valence-corrected chi connectivity index (χ4v) is 2.59. The molecule has 0 bridgehead atoms. The summed E-state index contributed by atoms with van der Waals surface area (Å²) in [7, 11) is 0. The van der Waals surface area contributed by atoms with Crippen LogP contribution < -0.4 is 4.74 Å². The van der Waals surface area contributed by atoms with Crippen molar-refractivity contribution in [2.75, 3.05) is 0 Å². The van der Waals surface area contributed by atoms with Gasteiger partial charge >= 0.3 is 0 Å². The number of ether oxygens (including phenoxy) is 1. The molecule has 0 atom stereocenters. The Morgan fingerprint density at radius 2 is 2.05 bits per heavy atom. The first-order chi connectivity index (χ1) is 9.11. The summed E-state index contributed by atoms with van der Waals surface area (Å²) in [6, 6.07) is 11.1. The molecule has 0 saturated carbocycles. The van der Waals surface area contributed by atoms with Crippen LogP contribution in [0, 0.1) is 6.92 Å². The summed E-state index contributed by atoms with van der Waals surface area (Å²) in [4.78, 5) is 11.1. The number of aldehydes is 1. The van der Waals surface area contributed by atoms with Crippen molar-refractivity contribution < 1.29 is 9.53 Å². The van der Waals surface area contributed by atoms with E-state index in [1.54, 1.807) is 6.07 Å². The molecule has 2 aromatic rings. The van der Waals surface area contributed by atoms with Gasteiger partial charge in [-0.05, 0) is 30.7 Å². The molecule has 98 valence electrons. The van der Waals surface area contributed by atoms with Crippen LogP contribution in [0.4, 0.5) is 0 Å². The van der Waals surface area contributed by atoms with Crippen LogP contribution >= 0.6 is 27.5 Å². The van der Waals surface area contributed by atoms with Gasteiger partial charge in [-0.15, -0.1) is 0 Å². The first kappa shape index (κ1) is 14.1. The van der Waals surface area contributed by atoms with Crippen molar-refractivity contribution in [2.24, 2.45) is 0 Å². The molecule has 19 heavy (non-hydrogen) atoms. The van der Waals surface area contributed by atoms with E-state index in [0.717, 1.165) is 21.9 Å². The Kier molecular flexibility index (Phi) is 4.61. The molecule has 0 aliphatic heterocycles. The van der Waals surface area contributed by atoms with Crippen molar-refractivity contribution in [3.63, 3.8) is 0 Å². The van der Waals surface area contributed by atoms with E-state index in [2.05, 4.69) is 15.9 Å². The molecule has 0 heterocycles. The molecule has 0 unspecified atom stereocenters. The molecule has 2 rings (SSSR count). The molecule has 0 N–H and O–H groups in total. The monoisotopic (exact) mass is 338 g/mol. The zero-order chi connectivity index (χ0) is 13.8. The third-order valence-electron chi connectivity index (χ3n) is 2.72. The van der Waals surface area contributed by atoms with Crippen LogP contribution in [0.2, 0.25) is 5.02 Å². The summed E-state index contributed by atoms with van der Waals surface area (Å²) < 4.78 is 6.60. The van der Waals surface area contributed by atoms with Crippen LogP contribution in [0.25, 0.3) is 0 Å². The second-order valence-corrected chi connectivity index (χ2v) is 5.46. The SMILES string of the molecule is Cc1cc(Br)cc(C=O)c1OCc1ccccc1Cl. The number of rotatable bonds is 4. The van der Waals surface area contributed by atoms with Gasteiger partial charge < -0.3 is 4.74 Å². The highest BCUT2D eigenvalue weighted by molar-refractivity contribution is 9.10. The van der Waals surface area contributed by atoms with E-state index in [4.69, 9.17) is 16.3 Å². The first-order valence-corrected chi connectivity index (χ1v) is 6.90. The van der Waals surface area contributed by atoms with Gasteiger partial charge in [0.2, 0.25) is 0 Å². The van der Waals surface area contributed by atoms with Gasteiger partial charge in [-0.2, -0.15) is 0 Å². The van der Waals surface area contributed by atoms with Gasteiger partial charge in [-0.25, -0.2) is 0 Å². The summed E-state index contributed by atoms with van der Waals surface area (Å²) >= 11 is 9.43. The van der Waals surface area contributed by atoms with Crippen molar-refractivity contribution in [3.05, 3.63) is 62.6 Å². The molecule has 0 aliphatic carbocycles. The molecule has 4 heteroatoms. The topological polar surface area (TPSA) is 26.3 Å². The molecular formula is C15H12BrClO2. The van der Waals surface area contributed by atoms with E-state index < -0.39 is 0 Å². The predicted molar refractivity (Wildman–Crippen MR) is 80.1 cm³/mol. The Bertz CT molecular complexity index is 611. The summed E-state index contributed by atoms with van der Waals surface area (Å²) in [6.45, 7) is 2.24. The van der Waals surface area contributed by atoms with Crippen molar-refractivity contribution in [3.8, 4) is 5.75 Å². The average Bonchev–Trinajstić information content (AvgIpc) is 2.38. The fourth-order valence-electron chi connectivity index (χ4n) is 1.81. The highest BCUT2D eigenvalue weighted by atomic mass is 79.9. The van der Waals surface area contributed by atoms with Crippen LogP contribution in [0.5, 0.6) is 5.75 Å². The lowest BCUT2D eigenvalue weighted by atomic mass is 10.1. The zero-order valence-electron chi connectivity index (χ0n) is 10.3. The molecule has 0 amide bonds. The maximum absolute atomic E-state index is 11.1. The molecule has 0 fully saturated rings. The highest BCUT2D eigenvalue weighted by Crippen LogP contribution is 2.28. The minimum Gasteiger partial charge on any atom is -0.488 e. The Labute approximate surface area is 125 Å². The van der Waals surface area contributed by atoms with Crippen LogP contribution in [-0.4, -0.2) is 6.29 Å². The molecule has 0 aromatic heterocycles. The molecule has 2 aromatic carbocycles. The standard InChI is InChI=1S/C15H12BrClO2/c1-10-6-13(16)7-12(8-18)15(10)19-9-11-4-2-3-5-14(11)17/h2-8H,9H2,1H3. The van der Waals surface area contributed by atoms with E-state index in [9.17, 15) is 4.79 Å². The first-order valence-electron chi connectivity index (χ1n) is 5.73. The molecule has 0 aliphatic rings. The second kappa shape index (κ2) is 6.22. The Morgan fingerprint density at radius 3 is 2.74 bits per heavy atom. The number of carbonyl (C=O) groups is 1. The maximum atomic E-state index is 11.1. The van der Waals surface area contributed by atoms with Crippen LogP contribution in [-0.2, 0) is 6.61 Å². The smallest absolute Gasteiger partial charge is 0.153 e. The Morgan fingerprint density at radius 1 is 1.32 bits per heavy atom. The van der Waals surface area contributed by atoms with Crippen molar-refractivity contribution >= 4 is 33.8 Å². The average molecular weight is 340 g/mol. The normalized spacial score (nSPS) is 10.3. The molecule has 0 radical (unpaired) electrons. The largest absolute Gasteiger partial charge is 0.488 e. The van der Waals surface area contributed by atoms with Crippen molar-refractivity contribution in [2.45, 2.75) is 13.5 Å². The number of hydrogen-bond donors (Lipinski definition) is 0. The number of halogens is 2. The molecule has 2 nitrogen and oxygen atoms in total. The van der Waals surface area contributed by atoms with E-state index in [1.165, 1.54) is 0 Å². The number of hydrogen-bond acceptors (Lipinski definition) is 2. The summed E-state index contributed by atoms with van der Waals surface area (Å²) in [5.41, 5.74) is 2.32. The van der Waals surface area contributed by atoms with Crippen LogP contribution in [0.1, 0.15) is 21.5 Å². The fraction of sp³-hybridized carbons (Fsp3) is 0.133. The van der Waals surface area contributed by atoms with Crippen LogP contribution in [0.15, 0.2) is 40.9 Å². The third-order valence-corrected chi connectivity index (χ3v) is 3.55. The number of carbonyl (C=O) groups excluding carboxylic acids is 1. The van der Waals surface area contributed by atoms with Gasteiger partial charge in [-0.1, -0.05) is 45.7 Å². The third kappa shape index (κ3) is 3.37. The Hall–Kier alpha value is -1.32. The zero-order valence-corrected chi connectivity index (χ0v) is 12.7. The number of aryl methyl sites for hydroxylation is 1. The molecule has 0 saturated heterocycles. The van der Waals surface area contributed by atoms with E-state index in [0.29, 0.717) is 22.9 Å². The second-order valence-electron chi connectivity index (χ2n) is 4.14. The summed E-state index contributed by atoms with van der Waals surface area (Å²) in [6.07, 6.45) is 0.791. The lowest BCUT2D eigenvalue weighted by Crippen LogP contribution is -2.01. The lowest BCUT2D eigenvalue weighted by Gasteiger charge is -2.12. The highest BCUT2D eigenvalue weighted by Gasteiger charge is 2.09. The maximum Gasteiger partial charge on any atom is 0.153 e. The van der Waals surface area contributed by atoms with Gasteiger partial charge in [0.05, 0.1) is 5.56 Å². The minimum atomic E-state index is 0.336. The van der Waals surface area contributed by atoms with Gasteiger partial charge in [0.15, 0.2) is 6.29 Å². The van der Waals surface area contributed by atoms with Gasteiger partial charge in [0, 0.05) is 15.1 Å². The quantitative estimate of drug-likeness (QED) is 0.748. The van der Waals surface area contributed by atoms with Crippen molar-refractivity contribution in [1.29, 1.82) is 0 Å². The molecule has 0 spiro atoms. The summed E-state index contributed by atoms with van der Waals surface area (Å²) in [5.74, 6) is 0.595. The number of benzene rings is 2. The van der Waals surface area contributed by atoms with E-state index in [-0.39, 0.29) is 0 Å².